The van der Waals surface area contributed by atoms with Crippen LogP contribution in [0.2, 0.25) is 0 Å². The zero-order valence-electron chi connectivity index (χ0n) is 11.7. The Hall–Kier alpha value is -1.68. The molecule has 0 aliphatic heterocycles. The average Bonchev–Trinajstić information content (AvgIpc) is 2.85. The van der Waals surface area contributed by atoms with Crippen molar-refractivity contribution >= 4 is 0 Å². The van der Waals surface area contributed by atoms with E-state index in [-0.39, 0.29) is 6.04 Å². The number of hydrogen-bond donors (Lipinski definition) is 1. The van der Waals surface area contributed by atoms with Crippen LogP contribution in [0.4, 0.5) is 8.78 Å². The Bertz CT molecular complexity index is 565. The van der Waals surface area contributed by atoms with Gasteiger partial charge < -0.3 is 9.73 Å². The quantitative estimate of drug-likeness (QED) is 0.859. The van der Waals surface area contributed by atoms with Crippen LogP contribution in [0.25, 0.3) is 0 Å². The minimum absolute atomic E-state index is 0.0391. The first-order valence-corrected chi connectivity index (χ1v) is 6.82. The molecule has 1 atom stereocenters. The summed E-state index contributed by atoms with van der Waals surface area (Å²) in [5.41, 5.74) is 1.79. The van der Waals surface area contributed by atoms with Crippen molar-refractivity contribution in [2.24, 2.45) is 0 Å². The molecule has 0 aliphatic rings. The van der Waals surface area contributed by atoms with Gasteiger partial charge in [0.1, 0.15) is 5.76 Å². The van der Waals surface area contributed by atoms with E-state index in [1.165, 1.54) is 12.1 Å². The van der Waals surface area contributed by atoms with Crippen molar-refractivity contribution in [1.82, 2.24) is 5.32 Å². The molecule has 1 heterocycles. The summed E-state index contributed by atoms with van der Waals surface area (Å²) < 4.78 is 31.6. The second kappa shape index (κ2) is 6.66. The molecule has 0 radical (unpaired) electrons. The van der Waals surface area contributed by atoms with E-state index in [0.717, 1.165) is 29.9 Å². The Labute approximate surface area is 117 Å². The summed E-state index contributed by atoms with van der Waals surface area (Å²) in [4.78, 5) is 0. The van der Waals surface area contributed by atoms with E-state index in [4.69, 9.17) is 4.42 Å². The molecule has 1 N–H and O–H groups in total. The molecular formula is C16H19F2NO. The van der Waals surface area contributed by atoms with Crippen LogP contribution in [0.5, 0.6) is 0 Å². The van der Waals surface area contributed by atoms with Crippen LogP contribution in [0, 0.1) is 18.6 Å². The number of hydrogen-bond acceptors (Lipinski definition) is 2. The van der Waals surface area contributed by atoms with E-state index < -0.39 is 11.6 Å². The van der Waals surface area contributed by atoms with Crippen LogP contribution in [0.3, 0.4) is 0 Å². The van der Waals surface area contributed by atoms with Gasteiger partial charge in [0.15, 0.2) is 11.6 Å². The maximum absolute atomic E-state index is 13.3. The minimum Gasteiger partial charge on any atom is -0.469 e. The number of rotatable bonds is 6. The van der Waals surface area contributed by atoms with Gasteiger partial charge in [0.2, 0.25) is 0 Å². The van der Waals surface area contributed by atoms with E-state index in [9.17, 15) is 8.78 Å². The van der Waals surface area contributed by atoms with Gasteiger partial charge in [0, 0.05) is 11.6 Å². The Morgan fingerprint density at radius 3 is 2.60 bits per heavy atom. The fourth-order valence-electron chi connectivity index (χ4n) is 2.18. The Balaban J connectivity index is 2.16. The molecule has 4 heteroatoms. The minimum atomic E-state index is -0.814. The fourth-order valence-corrected chi connectivity index (χ4v) is 2.18. The maximum atomic E-state index is 13.3. The van der Waals surface area contributed by atoms with Crippen LogP contribution >= 0.6 is 0 Å². The van der Waals surface area contributed by atoms with Gasteiger partial charge in [-0.3, -0.25) is 0 Å². The predicted molar refractivity (Wildman–Crippen MR) is 74.5 cm³/mol. The van der Waals surface area contributed by atoms with Crippen molar-refractivity contribution in [2.75, 3.05) is 6.54 Å². The summed E-state index contributed by atoms with van der Waals surface area (Å²) in [5, 5.41) is 3.41. The van der Waals surface area contributed by atoms with Gasteiger partial charge in [0.05, 0.1) is 6.26 Å². The summed E-state index contributed by atoms with van der Waals surface area (Å²) in [5.74, 6) is -0.778. The molecule has 1 aromatic heterocycles. The topological polar surface area (TPSA) is 25.2 Å². The van der Waals surface area contributed by atoms with Crippen molar-refractivity contribution in [3.63, 3.8) is 0 Å². The van der Waals surface area contributed by atoms with Crippen LogP contribution in [0.15, 0.2) is 34.9 Å². The smallest absolute Gasteiger partial charge is 0.159 e. The van der Waals surface area contributed by atoms with Gasteiger partial charge in [-0.15, -0.1) is 0 Å². The van der Waals surface area contributed by atoms with E-state index in [1.54, 1.807) is 12.3 Å². The first kappa shape index (κ1) is 14.7. The maximum Gasteiger partial charge on any atom is 0.159 e. The molecule has 0 aliphatic carbocycles. The van der Waals surface area contributed by atoms with Gasteiger partial charge in [-0.25, -0.2) is 8.78 Å². The van der Waals surface area contributed by atoms with Gasteiger partial charge in [-0.05, 0) is 50.1 Å². The Morgan fingerprint density at radius 2 is 2.00 bits per heavy atom. The molecule has 0 saturated carbocycles. The predicted octanol–water partition coefficient (Wildman–Crippen LogP) is 4.15. The highest BCUT2D eigenvalue weighted by Crippen LogP contribution is 2.22. The van der Waals surface area contributed by atoms with Crippen molar-refractivity contribution in [3.8, 4) is 0 Å². The third kappa shape index (κ3) is 3.67. The lowest BCUT2D eigenvalue weighted by Gasteiger charge is -2.17. The van der Waals surface area contributed by atoms with E-state index >= 15 is 0 Å². The molecule has 0 amide bonds. The summed E-state index contributed by atoms with van der Waals surface area (Å²) in [6.45, 7) is 4.83. The van der Waals surface area contributed by atoms with Crippen molar-refractivity contribution < 1.29 is 13.2 Å². The van der Waals surface area contributed by atoms with Crippen LogP contribution in [-0.2, 0) is 6.42 Å². The third-order valence-corrected chi connectivity index (χ3v) is 3.22. The van der Waals surface area contributed by atoms with E-state index in [1.807, 2.05) is 13.0 Å². The molecule has 2 nitrogen and oxygen atoms in total. The molecule has 0 saturated heterocycles. The highest BCUT2D eigenvalue weighted by Gasteiger charge is 2.15. The summed E-state index contributed by atoms with van der Waals surface area (Å²) in [6.07, 6.45) is 3.31. The normalized spacial score (nSPS) is 12.6. The number of halogens is 2. The standard InChI is InChI=1S/C16H19F2NO/c1-3-6-19-16(13-7-11(2)20-10-13)9-12-4-5-14(17)15(18)8-12/h4-5,7-8,10,16,19H,3,6,9H2,1-2H3. The van der Waals surface area contributed by atoms with Crippen molar-refractivity contribution in [1.29, 1.82) is 0 Å². The molecule has 0 spiro atoms. The van der Waals surface area contributed by atoms with Crippen LogP contribution in [-0.4, -0.2) is 6.54 Å². The Morgan fingerprint density at radius 1 is 1.20 bits per heavy atom. The molecule has 2 aromatic rings. The van der Waals surface area contributed by atoms with Crippen LogP contribution < -0.4 is 5.32 Å². The van der Waals surface area contributed by atoms with Gasteiger partial charge in [-0.2, -0.15) is 0 Å². The first-order chi connectivity index (χ1) is 9.60. The number of nitrogens with one attached hydrogen (secondary N) is 1. The molecular weight excluding hydrogens is 260 g/mol. The monoisotopic (exact) mass is 279 g/mol. The summed E-state index contributed by atoms with van der Waals surface area (Å²) >= 11 is 0. The summed E-state index contributed by atoms with van der Waals surface area (Å²) in [7, 11) is 0. The number of benzene rings is 1. The number of furan rings is 1. The van der Waals surface area contributed by atoms with E-state index in [2.05, 4.69) is 12.2 Å². The number of aryl methyl sites for hydroxylation is 1. The first-order valence-electron chi connectivity index (χ1n) is 6.82. The zero-order chi connectivity index (χ0) is 14.5. The van der Waals surface area contributed by atoms with E-state index in [0.29, 0.717) is 6.42 Å². The Kier molecular flexibility index (Phi) is 4.90. The molecule has 1 aromatic carbocycles. The molecule has 0 bridgehead atoms. The fraction of sp³-hybridized carbons (Fsp3) is 0.375. The molecule has 20 heavy (non-hydrogen) atoms. The van der Waals surface area contributed by atoms with Crippen molar-refractivity contribution in [3.05, 3.63) is 59.1 Å². The largest absolute Gasteiger partial charge is 0.469 e. The molecule has 2 rings (SSSR count). The van der Waals surface area contributed by atoms with Crippen LogP contribution in [0.1, 0.15) is 36.3 Å². The lowest BCUT2D eigenvalue weighted by atomic mass is 10.0. The third-order valence-electron chi connectivity index (χ3n) is 3.22. The average molecular weight is 279 g/mol. The highest BCUT2D eigenvalue weighted by atomic mass is 19.2. The lowest BCUT2D eigenvalue weighted by molar-refractivity contribution is 0.494. The molecule has 0 fully saturated rings. The second-order valence-corrected chi connectivity index (χ2v) is 4.95. The van der Waals surface area contributed by atoms with Gasteiger partial charge in [-0.1, -0.05) is 13.0 Å². The van der Waals surface area contributed by atoms with Crippen molar-refractivity contribution in [2.45, 2.75) is 32.7 Å². The molecule has 108 valence electrons. The molecule has 1 unspecified atom stereocenters. The zero-order valence-corrected chi connectivity index (χ0v) is 11.7. The SMILES string of the molecule is CCCNC(Cc1ccc(F)c(F)c1)c1coc(C)c1. The summed E-state index contributed by atoms with van der Waals surface area (Å²) in [6, 6.07) is 6.04. The lowest BCUT2D eigenvalue weighted by Crippen LogP contribution is -2.23. The van der Waals surface area contributed by atoms with Gasteiger partial charge >= 0.3 is 0 Å². The van der Waals surface area contributed by atoms with Gasteiger partial charge in [0.25, 0.3) is 0 Å². The highest BCUT2D eigenvalue weighted by molar-refractivity contribution is 5.23. The second-order valence-electron chi connectivity index (χ2n) is 4.95.